The van der Waals surface area contributed by atoms with E-state index in [-0.39, 0.29) is 35.2 Å². The topological polar surface area (TPSA) is 84.0 Å². The van der Waals surface area contributed by atoms with Crippen LogP contribution >= 0.6 is 0 Å². The average molecular weight is 409 g/mol. The Morgan fingerprint density at radius 1 is 1.04 bits per heavy atom. The summed E-state index contributed by atoms with van der Waals surface area (Å²) in [6, 6.07) is 8.33. The first-order valence-corrected chi connectivity index (χ1v) is 11.4. The van der Waals surface area contributed by atoms with Crippen molar-refractivity contribution in [3.63, 3.8) is 0 Å². The molecule has 0 saturated carbocycles. The zero-order valence-corrected chi connectivity index (χ0v) is 17.1. The molecule has 2 fully saturated rings. The van der Waals surface area contributed by atoms with Crippen molar-refractivity contribution < 1.29 is 22.7 Å². The van der Waals surface area contributed by atoms with Gasteiger partial charge in [-0.05, 0) is 44.7 Å². The molecule has 0 radical (unpaired) electrons. The van der Waals surface area contributed by atoms with E-state index in [9.17, 15) is 18.0 Å². The molecule has 0 spiro atoms. The molecule has 2 aliphatic heterocycles. The van der Waals surface area contributed by atoms with Gasteiger partial charge in [0.05, 0.1) is 23.3 Å². The quantitative estimate of drug-likeness (QED) is 0.695. The van der Waals surface area contributed by atoms with Crippen molar-refractivity contribution in [3.8, 4) is 0 Å². The summed E-state index contributed by atoms with van der Waals surface area (Å²) in [4.78, 5) is 27.0. The van der Waals surface area contributed by atoms with E-state index in [0.29, 0.717) is 39.1 Å². The van der Waals surface area contributed by atoms with E-state index in [1.54, 1.807) is 42.2 Å². The Labute approximate surface area is 166 Å². The van der Waals surface area contributed by atoms with Crippen LogP contribution in [0.3, 0.4) is 0 Å². The van der Waals surface area contributed by atoms with Crippen molar-refractivity contribution in [1.29, 1.82) is 0 Å². The van der Waals surface area contributed by atoms with Crippen molar-refractivity contribution in [3.05, 3.63) is 30.3 Å². The monoisotopic (exact) mass is 408 g/mol. The van der Waals surface area contributed by atoms with Crippen LogP contribution in [0.1, 0.15) is 32.6 Å². The first-order valence-electron chi connectivity index (χ1n) is 9.94. The van der Waals surface area contributed by atoms with E-state index in [1.807, 2.05) is 0 Å². The zero-order valence-electron chi connectivity index (χ0n) is 16.2. The second-order valence-electron chi connectivity index (χ2n) is 7.39. The summed E-state index contributed by atoms with van der Waals surface area (Å²) < 4.78 is 32.3. The van der Waals surface area contributed by atoms with Crippen LogP contribution < -0.4 is 0 Å². The van der Waals surface area contributed by atoms with Gasteiger partial charge in [-0.2, -0.15) is 4.31 Å². The number of amides is 1. The van der Waals surface area contributed by atoms with Gasteiger partial charge in [0.25, 0.3) is 0 Å². The maximum Gasteiger partial charge on any atom is 0.310 e. The normalized spacial score (nSPS) is 24.0. The Balaban J connectivity index is 1.67. The Kier molecular flexibility index (Phi) is 6.72. The molecule has 2 aliphatic rings. The van der Waals surface area contributed by atoms with Crippen molar-refractivity contribution in [2.45, 2.75) is 37.5 Å². The molecular formula is C20H28N2O5S. The molecule has 0 bridgehead atoms. The highest BCUT2D eigenvalue weighted by Crippen LogP contribution is 2.27. The number of hydrogen-bond acceptors (Lipinski definition) is 5. The zero-order chi connectivity index (χ0) is 20.1. The number of carbonyl (C=O) groups is 2. The fraction of sp³-hybridized carbons (Fsp3) is 0.600. The summed E-state index contributed by atoms with van der Waals surface area (Å²) in [6.07, 6.45) is 2.80. The fourth-order valence-electron chi connectivity index (χ4n) is 3.99. The van der Waals surface area contributed by atoms with Crippen molar-refractivity contribution in [1.82, 2.24) is 9.21 Å². The lowest BCUT2D eigenvalue weighted by Gasteiger charge is -2.37. The molecule has 2 atom stereocenters. The van der Waals surface area contributed by atoms with E-state index in [1.165, 1.54) is 4.31 Å². The summed E-state index contributed by atoms with van der Waals surface area (Å²) in [5.74, 6) is -0.961. The maximum absolute atomic E-state index is 13.0. The summed E-state index contributed by atoms with van der Waals surface area (Å²) in [7, 11) is -3.60. The number of carbonyl (C=O) groups excluding carboxylic acids is 2. The van der Waals surface area contributed by atoms with E-state index < -0.39 is 10.0 Å². The van der Waals surface area contributed by atoms with Gasteiger partial charge < -0.3 is 9.64 Å². The highest BCUT2D eigenvalue weighted by atomic mass is 32.2. The van der Waals surface area contributed by atoms with Gasteiger partial charge in [0.2, 0.25) is 15.9 Å². The third-order valence-electron chi connectivity index (χ3n) is 5.47. The third kappa shape index (κ3) is 4.55. The van der Waals surface area contributed by atoms with Gasteiger partial charge in [-0.1, -0.05) is 18.2 Å². The SMILES string of the molecule is CCOC(=O)[C@@H]1CCCN(C(=O)[C@@H]2CCCN(S(=O)(=O)c3ccccc3)C2)C1. The molecule has 2 saturated heterocycles. The van der Waals surface area contributed by atoms with Crippen LogP contribution in [0.15, 0.2) is 35.2 Å². The molecule has 3 rings (SSSR count). The second kappa shape index (κ2) is 9.05. The summed E-state index contributed by atoms with van der Waals surface area (Å²) in [5, 5.41) is 0. The van der Waals surface area contributed by atoms with Crippen LogP contribution in [-0.4, -0.2) is 62.3 Å². The molecule has 28 heavy (non-hydrogen) atoms. The van der Waals surface area contributed by atoms with E-state index >= 15 is 0 Å². The molecule has 0 aliphatic carbocycles. The highest BCUT2D eigenvalue weighted by molar-refractivity contribution is 7.89. The largest absolute Gasteiger partial charge is 0.466 e. The predicted octanol–water partition coefficient (Wildman–Crippen LogP) is 1.89. The minimum absolute atomic E-state index is 0.0537. The molecular weight excluding hydrogens is 380 g/mol. The number of nitrogens with zero attached hydrogens (tertiary/aromatic N) is 2. The second-order valence-corrected chi connectivity index (χ2v) is 9.33. The molecule has 0 unspecified atom stereocenters. The number of sulfonamides is 1. The minimum atomic E-state index is -3.60. The summed E-state index contributed by atoms with van der Waals surface area (Å²) in [5.41, 5.74) is 0. The number of likely N-dealkylation sites (tertiary alicyclic amines) is 1. The van der Waals surface area contributed by atoms with Gasteiger partial charge in [0.15, 0.2) is 0 Å². The number of piperidine rings is 2. The van der Waals surface area contributed by atoms with E-state index in [4.69, 9.17) is 4.74 Å². The minimum Gasteiger partial charge on any atom is -0.466 e. The van der Waals surface area contributed by atoms with Crippen LogP contribution in [0.5, 0.6) is 0 Å². The third-order valence-corrected chi connectivity index (χ3v) is 7.35. The Bertz CT molecular complexity index is 796. The van der Waals surface area contributed by atoms with Gasteiger partial charge in [0, 0.05) is 26.2 Å². The van der Waals surface area contributed by atoms with Gasteiger partial charge >= 0.3 is 5.97 Å². The lowest BCUT2D eigenvalue weighted by molar-refractivity contribution is -0.152. The predicted molar refractivity (Wildman–Crippen MR) is 104 cm³/mol. The van der Waals surface area contributed by atoms with Crippen molar-refractivity contribution in [2.75, 3.05) is 32.8 Å². The number of benzene rings is 1. The summed E-state index contributed by atoms with van der Waals surface area (Å²) in [6.45, 7) is 3.69. The van der Waals surface area contributed by atoms with Crippen molar-refractivity contribution >= 4 is 21.9 Å². The molecule has 2 heterocycles. The highest BCUT2D eigenvalue weighted by Gasteiger charge is 2.37. The Hall–Kier alpha value is -1.93. The van der Waals surface area contributed by atoms with Gasteiger partial charge in [0.1, 0.15) is 0 Å². The average Bonchev–Trinajstić information content (AvgIpc) is 2.74. The smallest absolute Gasteiger partial charge is 0.310 e. The van der Waals surface area contributed by atoms with Crippen LogP contribution in [0.25, 0.3) is 0 Å². The molecule has 1 aromatic carbocycles. The summed E-state index contributed by atoms with van der Waals surface area (Å²) >= 11 is 0. The number of esters is 1. The molecule has 0 N–H and O–H groups in total. The van der Waals surface area contributed by atoms with Gasteiger partial charge in [-0.15, -0.1) is 0 Å². The molecule has 8 heteroatoms. The van der Waals surface area contributed by atoms with Crippen LogP contribution in [0.4, 0.5) is 0 Å². The van der Waals surface area contributed by atoms with Gasteiger partial charge in [-0.3, -0.25) is 9.59 Å². The number of rotatable bonds is 5. The maximum atomic E-state index is 13.0. The number of hydrogen-bond donors (Lipinski definition) is 0. The van der Waals surface area contributed by atoms with Crippen LogP contribution in [-0.2, 0) is 24.3 Å². The van der Waals surface area contributed by atoms with E-state index in [2.05, 4.69) is 0 Å². The van der Waals surface area contributed by atoms with E-state index in [0.717, 1.165) is 12.8 Å². The van der Waals surface area contributed by atoms with Crippen molar-refractivity contribution in [2.24, 2.45) is 11.8 Å². The van der Waals surface area contributed by atoms with Crippen LogP contribution in [0.2, 0.25) is 0 Å². The lowest BCUT2D eigenvalue weighted by atomic mass is 9.94. The molecule has 1 amide bonds. The fourth-order valence-corrected chi connectivity index (χ4v) is 5.54. The first-order chi connectivity index (χ1) is 13.4. The van der Waals surface area contributed by atoms with Crippen LogP contribution in [0, 0.1) is 11.8 Å². The van der Waals surface area contributed by atoms with Gasteiger partial charge in [-0.25, -0.2) is 8.42 Å². The number of ether oxygens (including phenoxy) is 1. The first kappa shape index (κ1) is 20.8. The molecule has 7 nitrogen and oxygen atoms in total. The molecule has 0 aromatic heterocycles. The Morgan fingerprint density at radius 2 is 1.71 bits per heavy atom. The molecule has 1 aromatic rings. The Morgan fingerprint density at radius 3 is 2.43 bits per heavy atom. The standard InChI is InChI=1S/C20H28N2O5S/c1-2-27-20(24)17-9-6-12-21(14-17)19(23)16-8-7-13-22(15-16)28(25,26)18-10-4-3-5-11-18/h3-5,10-11,16-17H,2,6-9,12-15H2,1H3/t16-,17-/m1/s1. The molecule has 154 valence electrons. The lowest BCUT2D eigenvalue weighted by Crippen LogP contribution is -2.50.